The van der Waals surface area contributed by atoms with Gasteiger partial charge in [-0.3, -0.25) is 0 Å². The van der Waals surface area contributed by atoms with Crippen molar-refractivity contribution in [2.75, 3.05) is 0 Å². The summed E-state index contributed by atoms with van der Waals surface area (Å²) in [5, 5.41) is 0. The maximum absolute atomic E-state index is 12.8. The highest BCUT2D eigenvalue weighted by Gasteiger charge is 2.41. The minimum atomic E-state index is -3.96. The van der Waals surface area contributed by atoms with Crippen LogP contribution in [0, 0.1) is 35.5 Å². The Labute approximate surface area is 165 Å². The number of rotatable bonds is 6. The fourth-order valence-electron chi connectivity index (χ4n) is 6.55. The molecule has 0 nitrogen and oxygen atoms in total. The predicted octanol–water partition coefficient (Wildman–Crippen LogP) is 8.55. The fourth-order valence-corrected chi connectivity index (χ4v) is 6.55. The van der Waals surface area contributed by atoms with Crippen LogP contribution in [0.1, 0.15) is 110 Å². The van der Waals surface area contributed by atoms with Crippen LogP contribution in [-0.2, 0) is 0 Å². The molecule has 0 heterocycles. The molecule has 0 bridgehead atoms. The molecule has 27 heavy (non-hydrogen) atoms. The molecule has 0 saturated heterocycles. The van der Waals surface area contributed by atoms with Crippen LogP contribution in [0.5, 0.6) is 0 Å². The average molecular weight is 387 g/mol. The van der Waals surface area contributed by atoms with Crippen molar-refractivity contribution < 1.29 is 13.2 Å². The molecule has 3 saturated carbocycles. The third-order valence-electron chi connectivity index (χ3n) is 8.44. The zero-order valence-electron chi connectivity index (χ0n) is 17.4. The summed E-state index contributed by atoms with van der Waals surface area (Å²) in [7, 11) is 0. The molecule has 3 rings (SSSR count). The smallest absolute Gasteiger partial charge is 0.171 e. The fraction of sp³-hybridized carbons (Fsp3) is 1.00. The van der Waals surface area contributed by atoms with E-state index >= 15 is 0 Å². The van der Waals surface area contributed by atoms with Crippen LogP contribution in [0.4, 0.5) is 13.2 Å². The van der Waals surface area contributed by atoms with Gasteiger partial charge in [-0.2, -0.15) is 13.2 Å². The maximum Gasteiger partial charge on any atom is 0.391 e. The first kappa shape index (κ1) is 21.5. The first-order valence-electron chi connectivity index (χ1n) is 12.0. The van der Waals surface area contributed by atoms with Crippen molar-refractivity contribution in [3.63, 3.8) is 0 Å². The summed E-state index contributed by atoms with van der Waals surface area (Å²) in [6, 6.07) is 0. The van der Waals surface area contributed by atoms with E-state index in [4.69, 9.17) is 0 Å². The first-order valence-corrected chi connectivity index (χ1v) is 12.0. The topological polar surface area (TPSA) is 0 Å². The van der Waals surface area contributed by atoms with Crippen LogP contribution in [0.15, 0.2) is 0 Å². The van der Waals surface area contributed by atoms with Gasteiger partial charge in [-0.15, -0.1) is 0 Å². The molecule has 0 aromatic rings. The van der Waals surface area contributed by atoms with Gasteiger partial charge in [0.2, 0.25) is 0 Å². The van der Waals surface area contributed by atoms with Crippen LogP contribution in [-0.4, -0.2) is 6.18 Å². The quantitative estimate of drug-likeness (QED) is 0.429. The molecule has 0 spiro atoms. The summed E-state index contributed by atoms with van der Waals surface area (Å²) in [5.41, 5.74) is 0. The minimum Gasteiger partial charge on any atom is -0.171 e. The van der Waals surface area contributed by atoms with E-state index < -0.39 is 12.1 Å². The zero-order valence-corrected chi connectivity index (χ0v) is 17.4. The lowest BCUT2D eigenvalue weighted by Crippen LogP contribution is -2.28. The van der Waals surface area contributed by atoms with Crippen LogP contribution in [0.3, 0.4) is 0 Å². The molecule has 0 radical (unpaired) electrons. The zero-order chi connectivity index (χ0) is 19.3. The highest BCUT2D eigenvalue weighted by Crippen LogP contribution is 2.44. The molecule has 3 fully saturated rings. The molecule has 0 aliphatic heterocycles. The summed E-state index contributed by atoms with van der Waals surface area (Å²) in [6.45, 7) is 2.31. The number of halogens is 3. The number of alkyl halides is 3. The first-order chi connectivity index (χ1) is 13.0. The molecular formula is C24H41F3. The molecule has 3 aliphatic carbocycles. The predicted molar refractivity (Wildman–Crippen MR) is 107 cm³/mol. The molecule has 158 valence electrons. The van der Waals surface area contributed by atoms with E-state index in [0.717, 1.165) is 36.5 Å². The summed E-state index contributed by atoms with van der Waals surface area (Å²) < 4.78 is 38.4. The lowest BCUT2D eigenvalue weighted by atomic mass is 9.68. The Bertz CT molecular complexity index is 406. The third-order valence-corrected chi connectivity index (χ3v) is 8.44. The number of hydrogen-bond donors (Lipinski definition) is 0. The third kappa shape index (κ3) is 6.39. The molecule has 0 aromatic heterocycles. The largest absolute Gasteiger partial charge is 0.391 e. The molecule has 3 aliphatic rings. The lowest BCUT2D eigenvalue weighted by Gasteiger charge is -2.38. The van der Waals surface area contributed by atoms with E-state index in [1.165, 1.54) is 77.0 Å². The second-order valence-electron chi connectivity index (χ2n) is 10.2. The van der Waals surface area contributed by atoms with Gasteiger partial charge in [0, 0.05) is 0 Å². The molecule has 0 amide bonds. The molecule has 0 atom stereocenters. The Balaban J connectivity index is 1.29. The summed E-state index contributed by atoms with van der Waals surface area (Å²) in [5.74, 6) is 3.39. The Morgan fingerprint density at radius 1 is 0.556 bits per heavy atom. The van der Waals surface area contributed by atoms with E-state index in [-0.39, 0.29) is 0 Å². The lowest BCUT2D eigenvalue weighted by molar-refractivity contribution is -0.184. The minimum absolute atomic E-state index is 0.377. The molecule has 0 N–H and O–H groups in total. The van der Waals surface area contributed by atoms with Crippen molar-refractivity contribution >= 4 is 0 Å². The Hall–Kier alpha value is -0.210. The SMILES string of the molecule is CCC[C@H]1CC[C@H]([C@H]2CC[C@H](CCC3CCC(C(F)(F)F)CC3)CC2)CC1. The van der Waals surface area contributed by atoms with Crippen LogP contribution < -0.4 is 0 Å². The van der Waals surface area contributed by atoms with Crippen LogP contribution in [0.2, 0.25) is 0 Å². The standard InChI is InChI=1S/C24H41F3/c1-2-3-18-6-12-21(13-7-18)22-14-8-19(9-15-22)4-5-20-10-16-23(17-11-20)24(25,26)27/h18-23H,2-17H2,1H3/t18-,19-,20?,21-,22-,23?. The summed E-state index contributed by atoms with van der Waals surface area (Å²) >= 11 is 0. The second kappa shape index (κ2) is 10.0. The van der Waals surface area contributed by atoms with Gasteiger partial charge in [0.1, 0.15) is 0 Å². The monoisotopic (exact) mass is 386 g/mol. The van der Waals surface area contributed by atoms with Crippen molar-refractivity contribution in [1.82, 2.24) is 0 Å². The molecule has 3 heteroatoms. The van der Waals surface area contributed by atoms with Crippen molar-refractivity contribution in [2.45, 2.75) is 116 Å². The molecule has 0 unspecified atom stereocenters. The van der Waals surface area contributed by atoms with Gasteiger partial charge in [-0.25, -0.2) is 0 Å². The van der Waals surface area contributed by atoms with Gasteiger partial charge in [-0.05, 0) is 81.0 Å². The Kier molecular flexibility index (Phi) is 7.97. The van der Waals surface area contributed by atoms with E-state index in [1.807, 2.05) is 0 Å². The normalized spacial score (nSPS) is 38.7. The summed E-state index contributed by atoms with van der Waals surface area (Å²) in [6.07, 6.45) is 15.2. The second-order valence-corrected chi connectivity index (χ2v) is 10.2. The van der Waals surface area contributed by atoms with Crippen molar-refractivity contribution in [2.24, 2.45) is 35.5 Å². The van der Waals surface area contributed by atoms with Crippen LogP contribution >= 0.6 is 0 Å². The van der Waals surface area contributed by atoms with Crippen LogP contribution in [0.25, 0.3) is 0 Å². The van der Waals surface area contributed by atoms with Crippen molar-refractivity contribution in [3.05, 3.63) is 0 Å². The number of hydrogen-bond acceptors (Lipinski definition) is 0. The highest BCUT2D eigenvalue weighted by atomic mass is 19.4. The Morgan fingerprint density at radius 2 is 0.926 bits per heavy atom. The van der Waals surface area contributed by atoms with Crippen molar-refractivity contribution in [3.8, 4) is 0 Å². The molecule has 0 aromatic carbocycles. The van der Waals surface area contributed by atoms with E-state index in [0.29, 0.717) is 18.8 Å². The van der Waals surface area contributed by atoms with Gasteiger partial charge in [0.25, 0.3) is 0 Å². The molecular weight excluding hydrogens is 345 g/mol. The van der Waals surface area contributed by atoms with Gasteiger partial charge >= 0.3 is 6.18 Å². The van der Waals surface area contributed by atoms with Gasteiger partial charge in [-0.1, -0.05) is 58.3 Å². The maximum atomic E-state index is 12.8. The van der Waals surface area contributed by atoms with Gasteiger partial charge in [0.05, 0.1) is 5.92 Å². The van der Waals surface area contributed by atoms with Gasteiger partial charge < -0.3 is 0 Å². The highest BCUT2D eigenvalue weighted by molar-refractivity contribution is 4.83. The van der Waals surface area contributed by atoms with E-state index in [1.54, 1.807) is 0 Å². The summed E-state index contributed by atoms with van der Waals surface area (Å²) in [4.78, 5) is 0. The Morgan fingerprint density at radius 3 is 1.30 bits per heavy atom. The average Bonchev–Trinajstić information content (AvgIpc) is 2.67. The van der Waals surface area contributed by atoms with Gasteiger partial charge in [0.15, 0.2) is 0 Å². The van der Waals surface area contributed by atoms with Crippen molar-refractivity contribution in [1.29, 1.82) is 0 Å². The van der Waals surface area contributed by atoms with E-state index in [9.17, 15) is 13.2 Å². The van der Waals surface area contributed by atoms with E-state index in [2.05, 4.69) is 6.92 Å².